The minimum absolute atomic E-state index is 0.337. The first-order chi connectivity index (χ1) is 5.10. The molecule has 0 radical (unpaired) electrons. The number of rotatable bonds is 3. The molecule has 0 rings (SSSR count). The van der Waals surface area contributed by atoms with Gasteiger partial charge in [0.25, 0.3) is 0 Å². The maximum atomic E-state index is 5.83. The van der Waals surface area contributed by atoms with E-state index in [2.05, 4.69) is 27.7 Å². The zero-order valence-electron chi connectivity index (χ0n) is 8.13. The van der Waals surface area contributed by atoms with Gasteiger partial charge < -0.3 is 0 Å². The minimum Gasteiger partial charge on any atom is -0.126 e. The molecule has 0 aromatic heterocycles. The summed E-state index contributed by atoms with van der Waals surface area (Å²) in [7, 11) is 0. The average Bonchev–Trinajstić information content (AvgIpc) is 1.49. The van der Waals surface area contributed by atoms with Crippen molar-refractivity contribution < 1.29 is 0 Å². The van der Waals surface area contributed by atoms with Crippen molar-refractivity contribution in [1.82, 2.24) is 0 Å². The highest BCUT2D eigenvalue weighted by atomic mass is 35.8. The first kappa shape index (κ1) is 13.1. The highest BCUT2D eigenvalue weighted by Crippen LogP contribution is 2.34. The molecule has 0 fully saturated rings. The molecule has 0 aliphatic heterocycles. The Morgan fingerprint density at radius 2 is 1.58 bits per heavy atom. The maximum Gasteiger partial charge on any atom is 0.341 e. The lowest BCUT2D eigenvalue weighted by atomic mass is 9.86. The zero-order valence-corrected chi connectivity index (χ0v) is 11.4. The average molecular weight is 248 g/mol. The summed E-state index contributed by atoms with van der Waals surface area (Å²) in [6, 6.07) is -1.63. The summed E-state index contributed by atoms with van der Waals surface area (Å²) in [5.41, 5.74) is 0.337. The standard InChI is InChI=1S/C8H17Cl3Si/c1-7(5-8(2,3)4)6-12(9,10)11/h7H,5-6H2,1-4H3/t7-/m0/s1. The Morgan fingerprint density at radius 3 is 1.83 bits per heavy atom. The van der Waals surface area contributed by atoms with Crippen LogP contribution in [0.15, 0.2) is 0 Å². The van der Waals surface area contributed by atoms with Gasteiger partial charge in [-0.15, -0.1) is 33.2 Å². The van der Waals surface area contributed by atoms with Gasteiger partial charge in [-0.25, -0.2) is 0 Å². The summed E-state index contributed by atoms with van der Waals surface area (Å²) in [4.78, 5) is 0. The molecule has 0 spiro atoms. The maximum absolute atomic E-state index is 5.83. The Bertz CT molecular complexity index is 118. The SMILES string of the molecule is C[C@@H](CC(C)(C)C)C[Si](Cl)(Cl)Cl. The van der Waals surface area contributed by atoms with Crippen LogP contribution in [-0.4, -0.2) is 6.00 Å². The second-order valence-electron chi connectivity index (χ2n) is 4.69. The van der Waals surface area contributed by atoms with Crippen LogP contribution in [0.4, 0.5) is 0 Å². The Kier molecular flexibility index (Phi) is 4.95. The van der Waals surface area contributed by atoms with Gasteiger partial charge in [-0.3, -0.25) is 0 Å². The van der Waals surface area contributed by atoms with E-state index < -0.39 is 6.00 Å². The quantitative estimate of drug-likeness (QED) is 0.500. The lowest BCUT2D eigenvalue weighted by molar-refractivity contribution is 0.320. The van der Waals surface area contributed by atoms with Crippen molar-refractivity contribution in [3.05, 3.63) is 0 Å². The number of hydrogen-bond donors (Lipinski definition) is 0. The molecule has 0 aromatic carbocycles. The van der Waals surface area contributed by atoms with Gasteiger partial charge in [0.15, 0.2) is 0 Å². The van der Waals surface area contributed by atoms with E-state index in [1.54, 1.807) is 0 Å². The van der Waals surface area contributed by atoms with Crippen LogP contribution in [0.3, 0.4) is 0 Å². The van der Waals surface area contributed by atoms with Crippen LogP contribution < -0.4 is 0 Å². The Labute approximate surface area is 90.7 Å². The van der Waals surface area contributed by atoms with Crippen molar-refractivity contribution >= 4 is 39.2 Å². The number of halogens is 3. The molecule has 4 heteroatoms. The normalized spacial score (nSPS) is 16.2. The zero-order chi connectivity index (χ0) is 9.99. The molecule has 0 saturated carbocycles. The third-order valence-electron chi connectivity index (χ3n) is 1.54. The van der Waals surface area contributed by atoms with E-state index in [-0.39, 0.29) is 0 Å². The molecular formula is C8H17Cl3Si. The number of hydrogen-bond acceptors (Lipinski definition) is 0. The Balaban J connectivity index is 3.83. The Hall–Kier alpha value is 1.09. The summed E-state index contributed by atoms with van der Waals surface area (Å²) < 4.78 is 0. The summed E-state index contributed by atoms with van der Waals surface area (Å²) in [5, 5.41) is 0. The molecule has 0 aliphatic rings. The van der Waals surface area contributed by atoms with Gasteiger partial charge in [-0.05, 0) is 23.8 Å². The topological polar surface area (TPSA) is 0 Å². The second-order valence-corrected chi connectivity index (χ2v) is 13.9. The molecule has 0 unspecified atom stereocenters. The van der Waals surface area contributed by atoms with Crippen LogP contribution in [0.5, 0.6) is 0 Å². The van der Waals surface area contributed by atoms with Crippen molar-refractivity contribution in [2.75, 3.05) is 0 Å². The van der Waals surface area contributed by atoms with Gasteiger partial charge in [0.05, 0.1) is 0 Å². The molecule has 12 heavy (non-hydrogen) atoms. The summed E-state index contributed by atoms with van der Waals surface area (Å²) in [5.74, 6) is 0.518. The van der Waals surface area contributed by atoms with E-state index >= 15 is 0 Å². The minimum atomic E-state index is -2.40. The largest absolute Gasteiger partial charge is 0.341 e. The highest BCUT2D eigenvalue weighted by molar-refractivity contribution is 7.64. The molecule has 0 saturated heterocycles. The van der Waals surface area contributed by atoms with Gasteiger partial charge in [0, 0.05) is 0 Å². The van der Waals surface area contributed by atoms with Crippen molar-refractivity contribution in [3.63, 3.8) is 0 Å². The van der Waals surface area contributed by atoms with Crippen molar-refractivity contribution in [1.29, 1.82) is 0 Å². The molecule has 0 heterocycles. The van der Waals surface area contributed by atoms with Gasteiger partial charge in [0.1, 0.15) is 0 Å². The smallest absolute Gasteiger partial charge is 0.126 e. The molecule has 0 aromatic rings. The van der Waals surface area contributed by atoms with Gasteiger partial charge in [-0.2, -0.15) is 0 Å². The van der Waals surface area contributed by atoms with Crippen LogP contribution in [0.1, 0.15) is 34.1 Å². The first-order valence-electron chi connectivity index (χ1n) is 4.17. The van der Waals surface area contributed by atoms with E-state index in [4.69, 9.17) is 33.2 Å². The van der Waals surface area contributed by atoms with E-state index in [9.17, 15) is 0 Å². The molecule has 0 nitrogen and oxygen atoms in total. The van der Waals surface area contributed by atoms with Crippen molar-refractivity contribution in [2.45, 2.75) is 40.2 Å². The predicted octanol–water partition coefficient (Wildman–Crippen LogP) is 4.71. The third-order valence-corrected chi connectivity index (χ3v) is 4.09. The predicted molar refractivity (Wildman–Crippen MR) is 61.4 cm³/mol. The summed E-state index contributed by atoms with van der Waals surface area (Å²) in [6.45, 7) is 8.79. The van der Waals surface area contributed by atoms with Crippen LogP contribution in [0.25, 0.3) is 0 Å². The summed E-state index contributed by atoms with van der Waals surface area (Å²) >= 11 is 17.5. The fourth-order valence-electron chi connectivity index (χ4n) is 1.51. The molecule has 0 N–H and O–H groups in total. The van der Waals surface area contributed by atoms with Gasteiger partial charge >= 0.3 is 6.00 Å². The second kappa shape index (κ2) is 4.54. The highest BCUT2D eigenvalue weighted by Gasteiger charge is 2.29. The van der Waals surface area contributed by atoms with Crippen LogP contribution in [0.2, 0.25) is 6.04 Å². The van der Waals surface area contributed by atoms with Crippen LogP contribution >= 0.6 is 33.2 Å². The lowest BCUT2D eigenvalue weighted by Gasteiger charge is -2.24. The van der Waals surface area contributed by atoms with E-state index in [0.29, 0.717) is 11.3 Å². The van der Waals surface area contributed by atoms with Crippen LogP contribution in [-0.2, 0) is 0 Å². The summed E-state index contributed by atoms with van der Waals surface area (Å²) in [6.07, 6.45) is 1.12. The lowest BCUT2D eigenvalue weighted by Crippen LogP contribution is -2.18. The first-order valence-corrected chi connectivity index (χ1v) is 9.41. The van der Waals surface area contributed by atoms with Gasteiger partial charge in [-0.1, -0.05) is 27.7 Å². The van der Waals surface area contributed by atoms with E-state index in [1.807, 2.05) is 0 Å². The van der Waals surface area contributed by atoms with E-state index in [0.717, 1.165) is 12.5 Å². The molecule has 0 bridgehead atoms. The molecule has 74 valence electrons. The fourth-order valence-corrected chi connectivity index (χ4v) is 4.82. The molecule has 0 aliphatic carbocycles. The van der Waals surface area contributed by atoms with Crippen molar-refractivity contribution in [2.24, 2.45) is 11.3 Å². The monoisotopic (exact) mass is 246 g/mol. The van der Waals surface area contributed by atoms with Gasteiger partial charge in [0.2, 0.25) is 0 Å². The van der Waals surface area contributed by atoms with Crippen molar-refractivity contribution in [3.8, 4) is 0 Å². The molecule has 0 amide bonds. The van der Waals surface area contributed by atoms with Crippen LogP contribution in [0, 0.1) is 11.3 Å². The Morgan fingerprint density at radius 1 is 1.17 bits per heavy atom. The molecule has 1 atom stereocenters. The molecular weight excluding hydrogens is 231 g/mol. The van der Waals surface area contributed by atoms with E-state index in [1.165, 1.54) is 0 Å². The fraction of sp³-hybridized carbons (Fsp3) is 1.00. The third kappa shape index (κ3) is 9.18.